The lowest BCUT2D eigenvalue weighted by Gasteiger charge is -2.28. The first kappa shape index (κ1) is 22.7. The molecule has 4 amide bonds. The van der Waals surface area contributed by atoms with Crippen LogP contribution in [0, 0.1) is 0 Å². The number of carbonyl (C=O) groups is 4. The van der Waals surface area contributed by atoms with E-state index in [-0.39, 0.29) is 24.9 Å². The van der Waals surface area contributed by atoms with Crippen LogP contribution in [0.5, 0.6) is 0 Å². The van der Waals surface area contributed by atoms with Gasteiger partial charge in [0.1, 0.15) is 0 Å². The molecule has 4 aromatic carbocycles. The molecule has 0 unspecified atom stereocenters. The van der Waals surface area contributed by atoms with Crippen LogP contribution in [-0.2, 0) is 0 Å². The Morgan fingerprint density at radius 1 is 0.568 bits per heavy atom. The molecule has 0 radical (unpaired) electrons. The van der Waals surface area contributed by atoms with Gasteiger partial charge in [0.2, 0.25) is 0 Å². The molecule has 0 saturated heterocycles. The molecule has 9 heteroatoms. The summed E-state index contributed by atoms with van der Waals surface area (Å²) in [5.74, 6) is -1.52. The number of rotatable bonds is 6. The maximum Gasteiger partial charge on any atom is 0.261 e. The lowest BCUT2D eigenvalue weighted by atomic mass is 9.93. The molecule has 0 spiro atoms. The summed E-state index contributed by atoms with van der Waals surface area (Å²) >= 11 is 0. The molecule has 2 aliphatic heterocycles. The molecule has 6 rings (SSSR count). The third-order valence-electron chi connectivity index (χ3n) is 6.93. The lowest BCUT2D eigenvalue weighted by Crippen LogP contribution is -2.46. The number of nitrogens with zero attached hydrogens (tertiary/aromatic N) is 2. The predicted molar refractivity (Wildman–Crippen MR) is 140 cm³/mol. The van der Waals surface area contributed by atoms with Crippen LogP contribution >= 0.6 is 0 Å². The highest BCUT2D eigenvalue weighted by Gasteiger charge is 2.34. The molecule has 0 fully saturated rings. The molecular formula is C28H23N5O4. The van der Waals surface area contributed by atoms with Gasteiger partial charge in [-0.2, -0.15) is 0 Å². The number of nitrogens with one attached hydrogen (secondary N) is 1. The molecule has 37 heavy (non-hydrogen) atoms. The average molecular weight is 494 g/mol. The first-order valence-corrected chi connectivity index (χ1v) is 11.9. The SMILES string of the molecule is Nc1cc2c3c(cccc3c1)C(=O)N(CCNCCN1C(=O)c3cccc4cc(N)cc(c34)C1=O)C2=O. The largest absolute Gasteiger partial charge is 0.399 e. The fourth-order valence-corrected chi connectivity index (χ4v) is 5.27. The summed E-state index contributed by atoms with van der Waals surface area (Å²) in [6.07, 6.45) is 0. The summed E-state index contributed by atoms with van der Waals surface area (Å²) in [7, 11) is 0. The zero-order valence-corrected chi connectivity index (χ0v) is 19.8. The number of nitrogen functional groups attached to an aromatic ring is 2. The number of hydrogen-bond donors (Lipinski definition) is 3. The Morgan fingerprint density at radius 3 is 1.41 bits per heavy atom. The van der Waals surface area contributed by atoms with Crippen molar-refractivity contribution in [2.75, 3.05) is 37.6 Å². The van der Waals surface area contributed by atoms with Crippen molar-refractivity contribution in [3.8, 4) is 0 Å². The molecule has 2 aliphatic rings. The van der Waals surface area contributed by atoms with Crippen LogP contribution in [0.3, 0.4) is 0 Å². The van der Waals surface area contributed by atoms with E-state index in [0.717, 1.165) is 10.8 Å². The third-order valence-corrected chi connectivity index (χ3v) is 6.93. The number of amides is 4. The van der Waals surface area contributed by atoms with E-state index in [0.29, 0.717) is 57.5 Å². The van der Waals surface area contributed by atoms with Crippen molar-refractivity contribution in [1.29, 1.82) is 0 Å². The second-order valence-corrected chi connectivity index (χ2v) is 9.22. The molecule has 0 aromatic heterocycles. The second-order valence-electron chi connectivity index (χ2n) is 9.22. The minimum atomic E-state index is -0.397. The van der Waals surface area contributed by atoms with Crippen molar-refractivity contribution in [2.24, 2.45) is 0 Å². The Balaban J connectivity index is 1.13. The van der Waals surface area contributed by atoms with E-state index in [2.05, 4.69) is 5.32 Å². The Kier molecular flexibility index (Phi) is 5.16. The molecule has 0 aliphatic carbocycles. The molecule has 0 bridgehead atoms. The van der Waals surface area contributed by atoms with Crippen LogP contribution < -0.4 is 16.8 Å². The minimum absolute atomic E-state index is 0.128. The van der Waals surface area contributed by atoms with E-state index in [1.54, 1.807) is 48.5 Å². The molecule has 0 atom stereocenters. The Morgan fingerprint density at radius 2 is 0.973 bits per heavy atom. The van der Waals surface area contributed by atoms with Crippen LogP contribution in [0.1, 0.15) is 41.4 Å². The van der Waals surface area contributed by atoms with E-state index >= 15 is 0 Å². The lowest BCUT2D eigenvalue weighted by molar-refractivity contribution is 0.0607. The van der Waals surface area contributed by atoms with Gasteiger partial charge in [-0.25, -0.2) is 0 Å². The maximum atomic E-state index is 13.1. The van der Waals surface area contributed by atoms with Gasteiger partial charge >= 0.3 is 0 Å². The fraction of sp³-hybridized carbons (Fsp3) is 0.143. The zero-order chi connectivity index (χ0) is 25.8. The highest BCUT2D eigenvalue weighted by atomic mass is 16.2. The second kappa shape index (κ2) is 8.42. The van der Waals surface area contributed by atoms with Crippen molar-refractivity contribution >= 4 is 56.5 Å². The molecule has 9 nitrogen and oxygen atoms in total. The third kappa shape index (κ3) is 3.51. The van der Waals surface area contributed by atoms with Crippen LogP contribution in [0.2, 0.25) is 0 Å². The van der Waals surface area contributed by atoms with E-state index < -0.39 is 11.8 Å². The van der Waals surface area contributed by atoms with Crippen LogP contribution in [0.4, 0.5) is 11.4 Å². The highest BCUT2D eigenvalue weighted by molar-refractivity contribution is 6.27. The Labute approximate surface area is 211 Å². The summed E-state index contributed by atoms with van der Waals surface area (Å²) in [6.45, 7) is 0.840. The van der Waals surface area contributed by atoms with Crippen molar-refractivity contribution in [2.45, 2.75) is 0 Å². The number of imide groups is 2. The molecule has 0 saturated carbocycles. The van der Waals surface area contributed by atoms with E-state index in [1.807, 2.05) is 12.1 Å². The molecular weight excluding hydrogens is 470 g/mol. The first-order valence-electron chi connectivity index (χ1n) is 11.9. The number of hydrogen-bond acceptors (Lipinski definition) is 7. The van der Waals surface area contributed by atoms with Crippen LogP contribution in [-0.4, -0.2) is 59.6 Å². The standard InChI is InChI=1S/C28H23N5O4/c29-17-11-15-3-1-5-19-23(15)21(13-17)27(36)32(25(19)34)9-7-31-8-10-33-26(35)20-6-2-4-16-12-18(30)14-22(24(16)20)28(33)37/h1-6,11-14,31H,7-10,29-30H2. The number of nitrogens with two attached hydrogens (primary N) is 2. The summed E-state index contributed by atoms with van der Waals surface area (Å²) in [6, 6.07) is 17.3. The van der Waals surface area contributed by atoms with Gasteiger partial charge in [0.05, 0.1) is 11.1 Å². The molecule has 5 N–H and O–H groups in total. The van der Waals surface area contributed by atoms with Gasteiger partial charge in [-0.05, 0) is 47.2 Å². The first-order chi connectivity index (χ1) is 17.8. The van der Waals surface area contributed by atoms with Gasteiger partial charge < -0.3 is 16.8 Å². The van der Waals surface area contributed by atoms with E-state index in [1.165, 1.54) is 9.80 Å². The van der Waals surface area contributed by atoms with Gasteiger partial charge in [0.25, 0.3) is 23.6 Å². The van der Waals surface area contributed by atoms with E-state index in [4.69, 9.17) is 11.5 Å². The maximum absolute atomic E-state index is 13.1. The minimum Gasteiger partial charge on any atom is -0.399 e. The average Bonchev–Trinajstić information content (AvgIpc) is 2.88. The van der Waals surface area contributed by atoms with Crippen molar-refractivity contribution in [1.82, 2.24) is 15.1 Å². The highest BCUT2D eigenvalue weighted by Crippen LogP contribution is 2.33. The van der Waals surface area contributed by atoms with Crippen LogP contribution in [0.15, 0.2) is 60.7 Å². The van der Waals surface area contributed by atoms with Gasteiger partial charge in [-0.15, -0.1) is 0 Å². The van der Waals surface area contributed by atoms with Gasteiger partial charge in [0, 0.05) is 59.5 Å². The van der Waals surface area contributed by atoms with Gasteiger partial charge in [-0.1, -0.05) is 24.3 Å². The van der Waals surface area contributed by atoms with Crippen molar-refractivity contribution < 1.29 is 19.2 Å². The fourth-order valence-electron chi connectivity index (χ4n) is 5.27. The zero-order valence-electron chi connectivity index (χ0n) is 19.8. The van der Waals surface area contributed by atoms with E-state index in [9.17, 15) is 19.2 Å². The van der Waals surface area contributed by atoms with Gasteiger partial charge in [0.15, 0.2) is 0 Å². The summed E-state index contributed by atoms with van der Waals surface area (Å²) < 4.78 is 0. The Bertz CT molecular complexity index is 1560. The van der Waals surface area contributed by atoms with Crippen LogP contribution in [0.25, 0.3) is 21.5 Å². The molecule has 4 aromatic rings. The smallest absolute Gasteiger partial charge is 0.261 e. The number of anilines is 2. The molecule has 184 valence electrons. The molecule has 2 heterocycles. The number of carbonyl (C=O) groups excluding carboxylic acids is 4. The quantitative estimate of drug-likeness (QED) is 0.213. The Hall–Kier alpha value is -4.76. The summed E-state index contributed by atoms with van der Waals surface area (Å²) in [5, 5.41) is 5.88. The van der Waals surface area contributed by atoms with Gasteiger partial charge in [-0.3, -0.25) is 29.0 Å². The van der Waals surface area contributed by atoms with Crippen molar-refractivity contribution in [3.63, 3.8) is 0 Å². The summed E-state index contributed by atoms with van der Waals surface area (Å²) in [5.41, 5.74) is 14.6. The van der Waals surface area contributed by atoms with Crippen molar-refractivity contribution in [3.05, 3.63) is 82.9 Å². The predicted octanol–water partition coefficient (Wildman–Crippen LogP) is 2.64. The summed E-state index contributed by atoms with van der Waals surface area (Å²) in [4.78, 5) is 54.8. The normalized spacial score (nSPS) is 14.8. The topological polar surface area (TPSA) is 139 Å². The number of benzene rings is 4. The monoisotopic (exact) mass is 493 g/mol.